The van der Waals surface area contributed by atoms with Crippen molar-refractivity contribution in [3.05, 3.63) is 53.4 Å². The second kappa shape index (κ2) is 12.2. The first-order valence-electron chi connectivity index (χ1n) is 12.8. The van der Waals surface area contributed by atoms with Gasteiger partial charge in [0, 0.05) is 70.2 Å². The molecule has 206 valence electrons. The minimum atomic E-state index is -0.868. The first-order valence-corrected chi connectivity index (χ1v) is 12.8. The maximum Gasteiger partial charge on any atom is 0.172 e. The Balaban J connectivity index is 0.00000164. The van der Waals surface area contributed by atoms with Crippen LogP contribution in [0.5, 0.6) is 0 Å². The third-order valence-corrected chi connectivity index (χ3v) is 6.55. The fourth-order valence-corrected chi connectivity index (χ4v) is 4.70. The average Bonchev–Trinajstić information content (AvgIpc) is 3.39. The summed E-state index contributed by atoms with van der Waals surface area (Å²) in [5.74, 6) is 0.389. The highest BCUT2D eigenvalue weighted by Gasteiger charge is 2.25. The molecule has 1 atom stereocenters. The van der Waals surface area contributed by atoms with Gasteiger partial charge in [-0.25, -0.2) is 18.7 Å². The molecule has 1 unspecified atom stereocenters. The number of nitrogens with one attached hydrogen (secondary N) is 1. The highest BCUT2D eigenvalue weighted by molar-refractivity contribution is 5.80. The van der Waals surface area contributed by atoms with Gasteiger partial charge in [-0.3, -0.25) is 9.88 Å². The van der Waals surface area contributed by atoms with Gasteiger partial charge < -0.3 is 25.2 Å². The van der Waals surface area contributed by atoms with E-state index in [4.69, 9.17) is 19.8 Å². The van der Waals surface area contributed by atoms with Crippen LogP contribution in [-0.2, 0) is 17.7 Å². The minimum Gasteiger partial charge on any atom is -0.400 e. The maximum absolute atomic E-state index is 14.1. The summed E-state index contributed by atoms with van der Waals surface area (Å²) >= 11 is 0. The van der Waals surface area contributed by atoms with E-state index in [-0.39, 0.29) is 6.04 Å². The van der Waals surface area contributed by atoms with Gasteiger partial charge in [0.1, 0.15) is 17.2 Å². The molecule has 11 heteroatoms. The number of ether oxygens (including phenoxy) is 1. The van der Waals surface area contributed by atoms with Crippen molar-refractivity contribution < 1.29 is 23.7 Å². The number of pyridine rings is 1. The number of nitrogens with zero attached hydrogens (tertiary/aromatic N) is 5. The number of halogens is 2. The SMILES string of the molecule is CC(C)(O)Cc1cc2nc(NC3CCOC3)c(N3CCN(Cc4ccc(F)cc4F)CC3)nc2cn1.CO. The summed E-state index contributed by atoms with van der Waals surface area (Å²) in [5, 5.41) is 20.7. The molecule has 2 aromatic heterocycles. The third-order valence-electron chi connectivity index (χ3n) is 6.55. The Kier molecular flexibility index (Phi) is 9.03. The molecule has 0 bridgehead atoms. The molecule has 4 heterocycles. The maximum atomic E-state index is 14.1. The van der Waals surface area contributed by atoms with Gasteiger partial charge in [-0.1, -0.05) is 6.07 Å². The van der Waals surface area contributed by atoms with E-state index in [9.17, 15) is 13.9 Å². The van der Waals surface area contributed by atoms with Crippen molar-refractivity contribution in [1.82, 2.24) is 19.9 Å². The predicted molar refractivity (Wildman–Crippen MR) is 142 cm³/mol. The van der Waals surface area contributed by atoms with Crippen molar-refractivity contribution in [2.24, 2.45) is 0 Å². The summed E-state index contributed by atoms with van der Waals surface area (Å²) in [4.78, 5) is 18.7. The van der Waals surface area contributed by atoms with Gasteiger partial charge in [0.25, 0.3) is 0 Å². The summed E-state index contributed by atoms with van der Waals surface area (Å²) in [6.07, 6.45) is 3.03. The smallest absolute Gasteiger partial charge is 0.172 e. The molecule has 0 spiro atoms. The number of rotatable bonds is 7. The van der Waals surface area contributed by atoms with E-state index in [0.29, 0.717) is 69.3 Å². The zero-order chi connectivity index (χ0) is 27.3. The summed E-state index contributed by atoms with van der Waals surface area (Å²) in [5.41, 5.74) is 1.79. The lowest BCUT2D eigenvalue weighted by Gasteiger charge is -2.36. The molecule has 1 aromatic carbocycles. The molecule has 38 heavy (non-hydrogen) atoms. The van der Waals surface area contributed by atoms with Crippen LogP contribution in [0.25, 0.3) is 11.0 Å². The lowest BCUT2D eigenvalue weighted by molar-refractivity contribution is 0.0800. The van der Waals surface area contributed by atoms with Crippen molar-refractivity contribution in [2.45, 2.75) is 44.9 Å². The summed E-state index contributed by atoms with van der Waals surface area (Å²) < 4.78 is 32.9. The molecule has 3 aromatic rings. The lowest BCUT2D eigenvalue weighted by atomic mass is 10.0. The van der Waals surface area contributed by atoms with Crippen LogP contribution in [0.1, 0.15) is 31.5 Å². The fourth-order valence-electron chi connectivity index (χ4n) is 4.70. The van der Waals surface area contributed by atoms with Crippen LogP contribution in [0.3, 0.4) is 0 Å². The van der Waals surface area contributed by atoms with E-state index >= 15 is 0 Å². The topological polar surface area (TPSA) is 107 Å². The van der Waals surface area contributed by atoms with E-state index in [2.05, 4.69) is 20.1 Å². The Morgan fingerprint density at radius 3 is 2.50 bits per heavy atom. The number of anilines is 2. The van der Waals surface area contributed by atoms with E-state index in [1.165, 1.54) is 12.1 Å². The molecule has 2 aliphatic rings. The van der Waals surface area contributed by atoms with Gasteiger partial charge in [0.2, 0.25) is 0 Å². The molecule has 5 rings (SSSR count). The second-order valence-electron chi connectivity index (χ2n) is 10.3. The number of hydrogen-bond donors (Lipinski definition) is 3. The first kappa shape index (κ1) is 28.0. The molecular formula is C27H36F2N6O3. The fraction of sp³-hybridized carbons (Fsp3) is 0.519. The molecule has 0 saturated carbocycles. The molecule has 2 fully saturated rings. The predicted octanol–water partition coefficient (Wildman–Crippen LogP) is 2.75. The van der Waals surface area contributed by atoms with Crippen LogP contribution in [-0.4, -0.2) is 88.2 Å². The molecule has 0 aliphatic carbocycles. The highest BCUT2D eigenvalue weighted by Crippen LogP contribution is 2.28. The first-order chi connectivity index (χ1) is 18.2. The van der Waals surface area contributed by atoms with Gasteiger partial charge in [-0.15, -0.1) is 0 Å². The number of aromatic nitrogens is 3. The van der Waals surface area contributed by atoms with Crippen molar-refractivity contribution in [3.63, 3.8) is 0 Å². The Morgan fingerprint density at radius 1 is 1.08 bits per heavy atom. The van der Waals surface area contributed by atoms with Gasteiger partial charge >= 0.3 is 0 Å². The van der Waals surface area contributed by atoms with Crippen LogP contribution >= 0.6 is 0 Å². The molecule has 3 N–H and O–H groups in total. The zero-order valence-electron chi connectivity index (χ0n) is 22.1. The summed E-state index contributed by atoms with van der Waals surface area (Å²) in [6, 6.07) is 5.79. The van der Waals surface area contributed by atoms with Gasteiger partial charge in [-0.2, -0.15) is 0 Å². The van der Waals surface area contributed by atoms with Gasteiger partial charge in [0.15, 0.2) is 11.6 Å². The normalized spacial score (nSPS) is 18.4. The van der Waals surface area contributed by atoms with Crippen molar-refractivity contribution in [1.29, 1.82) is 0 Å². The molecule has 2 saturated heterocycles. The number of aliphatic hydroxyl groups is 2. The third kappa shape index (κ3) is 7.10. The van der Waals surface area contributed by atoms with Crippen LogP contribution < -0.4 is 10.2 Å². The van der Waals surface area contributed by atoms with E-state index in [0.717, 1.165) is 36.6 Å². The van der Waals surface area contributed by atoms with E-state index in [1.54, 1.807) is 20.0 Å². The molecule has 0 radical (unpaired) electrons. The lowest BCUT2D eigenvalue weighted by Crippen LogP contribution is -2.46. The number of benzene rings is 1. The zero-order valence-corrected chi connectivity index (χ0v) is 22.1. The number of aliphatic hydroxyl groups excluding tert-OH is 1. The van der Waals surface area contributed by atoms with Gasteiger partial charge in [0.05, 0.1) is 30.0 Å². The Hall–Kier alpha value is -2.99. The Bertz CT molecular complexity index is 1230. The average molecular weight is 531 g/mol. The molecule has 0 amide bonds. The summed E-state index contributed by atoms with van der Waals surface area (Å²) in [7, 11) is 1.00. The van der Waals surface area contributed by atoms with Crippen LogP contribution in [0.2, 0.25) is 0 Å². The van der Waals surface area contributed by atoms with Crippen molar-refractivity contribution in [3.8, 4) is 0 Å². The monoisotopic (exact) mass is 530 g/mol. The standard InChI is InChI=1S/C26H32F2N6O2.CH4O/c1-26(2,35)13-20-12-22-23(14-29-20)32-25(24(31-22)30-19-5-10-36-16-19)34-8-6-33(7-9-34)15-17-3-4-18(27)11-21(17)28;1-2/h3-4,11-12,14,19,35H,5-10,13,15-16H2,1-2H3,(H,30,31);2H,1H3. The van der Waals surface area contributed by atoms with Gasteiger partial charge in [-0.05, 0) is 32.4 Å². The van der Waals surface area contributed by atoms with E-state index in [1.807, 2.05) is 6.07 Å². The number of hydrogen-bond acceptors (Lipinski definition) is 9. The Labute approximate surface area is 221 Å². The van der Waals surface area contributed by atoms with Crippen LogP contribution in [0, 0.1) is 11.6 Å². The molecule has 9 nitrogen and oxygen atoms in total. The Morgan fingerprint density at radius 2 is 1.84 bits per heavy atom. The van der Waals surface area contributed by atoms with Crippen molar-refractivity contribution >= 4 is 22.7 Å². The highest BCUT2D eigenvalue weighted by atomic mass is 19.1. The number of fused-ring (bicyclic) bond motifs is 1. The van der Waals surface area contributed by atoms with Crippen molar-refractivity contribution in [2.75, 3.05) is 56.7 Å². The molecular weight excluding hydrogens is 494 g/mol. The van der Waals surface area contributed by atoms with Crippen LogP contribution in [0.4, 0.5) is 20.4 Å². The minimum absolute atomic E-state index is 0.163. The largest absolute Gasteiger partial charge is 0.400 e. The van der Waals surface area contributed by atoms with E-state index < -0.39 is 17.2 Å². The quantitative estimate of drug-likeness (QED) is 0.425. The second-order valence-corrected chi connectivity index (χ2v) is 10.3. The summed E-state index contributed by atoms with van der Waals surface area (Å²) in [6.45, 7) is 8.10. The molecule has 2 aliphatic heterocycles. The van der Waals surface area contributed by atoms with Crippen LogP contribution in [0.15, 0.2) is 30.5 Å². The number of piperazine rings is 1.